The number of methoxy groups -OCH3 is 1. The minimum Gasteiger partial charge on any atom is -0.495 e. The van der Waals surface area contributed by atoms with E-state index >= 15 is 0 Å². The first-order valence-electron chi connectivity index (χ1n) is 10.9. The third-order valence-corrected chi connectivity index (χ3v) is 7.75. The maximum Gasteiger partial charge on any atom is 0.490 e. The maximum atomic E-state index is 13.6. The molecule has 0 radical (unpaired) electrons. The van der Waals surface area contributed by atoms with E-state index in [2.05, 4.69) is 11.8 Å². The quantitative estimate of drug-likeness (QED) is 0.476. The second-order valence-electron chi connectivity index (χ2n) is 8.11. The highest BCUT2D eigenvalue weighted by atomic mass is 35.5. The molecule has 2 heterocycles. The number of halogens is 4. The number of ether oxygens (including phenoxy) is 2. The van der Waals surface area contributed by atoms with E-state index in [0.717, 1.165) is 23.4 Å². The van der Waals surface area contributed by atoms with Crippen LogP contribution < -0.4 is 9.47 Å². The molecule has 0 spiro atoms. The molecule has 3 aromatic rings. The predicted octanol–water partition coefficient (Wildman–Crippen LogP) is 4.68. The Hall–Kier alpha value is -3.29. The van der Waals surface area contributed by atoms with Crippen molar-refractivity contribution in [2.45, 2.75) is 31.0 Å². The third-order valence-electron chi connectivity index (χ3n) is 5.77. The number of nitrogens with zero attached hydrogens (tertiary/aromatic N) is 2. The van der Waals surface area contributed by atoms with Crippen molar-refractivity contribution in [2.75, 3.05) is 27.3 Å². The minimum absolute atomic E-state index is 0.0285. The van der Waals surface area contributed by atoms with Crippen LogP contribution in [0.15, 0.2) is 41.4 Å². The molecule has 0 fully saturated rings. The Bertz CT molecular complexity index is 1420. The molecular formula is C24H26ClF3N2O7S. The van der Waals surface area contributed by atoms with Gasteiger partial charge in [-0.1, -0.05) is 17.7 Å². The highest BCUT2D eigenvalue weighted by Crippen LogP contribution is 2.42. The zero-order chi connectivity index (χ0) is 29.0. The van der Waals surface area contributed by atoms with Crippen molar-refractivity contribution in [3.8, 4) is 11.5 Å². The summed E-state index contributed by atoms with van der Waals surface area (Å²) in [6.45, 7) is 7.25. The first kappa shape index (κ1) is 30.9. The average molecular weight is 579 g/mol. The summed E-state index contributed by atoms with van der Waals surface area (Å²) >= 11 is 6.59. The van der Waals surface area contributed by atoms with E-state index in [1.807, 2.05) is 32.9 Å². The topological polar surface area (TPSA) is 115 Å². The van der Waals surface area contributed by atoms with Crippen molar-refractivity contribution in [3.63, 3.8) is 0 Å². The van der Waals surface area contributed by atoms with Crippen LogP contribution in [0.25, 0.3) is 10.9 Å². The second kappa shape index (κ2) is 12.0. The number of hydrogen-bond donors (Lipinski definition) is 1. The smallest absolute Gasteiger partial charge is 0.490 e. The molecule has 2 aromatic carbocycles. The third kappa shape index (κ3) is 6.22. The lowest BCUT2D eigenvalue weighted by molar-refractivity contribution is -0.192. The van der Waals surface area contributed by atoms with Crippen LogP contribution in [0.2, 0.25) is 5.02 Å². The number of aromatic nitrogens is 1. The van der Waals surface area contributed by atoms with Crippen LogP contribution in [-0.2, 0) is 19.6 Å². The molecule has 38 heavy (non-hydrogen) atoms. The number of aliphatic carboxylic acids is 1. The average Bonchev–Trinajstić information content (AvgIpc) is 3.14. The molecule has 0 saturated carbocycles. The molecule has 208 valence electrons. The SMILES string of the molecule is C=O.COc1ccc(C)cc1S(=O)(=O)n1cc(Cl)c2c3c(ccc21)OCCN(C)C3C.O=C(O)C(F)(F)F. The van der Waals surface area contributed by atoms with Gasteiger partial charge in [-0.2, -0.15) is 13.2 Å². The van der Waals surface area contributed by atoms with Gasteiger partial charge in [0.05, 0.1) is 17.6 Å². The molecule has 1 aliphatic heterocycles. The van der Waals surface area contributed by atoms with Gasteiger partial charge in [0.15, 0.2) is 0 Å². The van der Waals surface area contributed by atoms with Crippen molar-refractivity contribution in [1.82, 2.24) is 8.87 Å². The van der Waals surface area contributed by atoms with Crippen molar-refractivity contribution >= 4 is 45.3 Å². The van der Waals surface area contributed by atoms with Crippen molar-refractivity contribution < 1.29 is 45.8 Å². The first-order valence-corrected chi connectivity index (χ1v) is 12.7. The van der Waals surface area contributed by atoms with E-state index in [9.17, 15) is 21.6 Å². The molecule has 1 aromatic heterocycles. The number of carboxylic acids is 1. The molecule has 14 heteroatoms. The zero-order valence-electron chi connectivity index (χ0n) is 20.9. The summed E-state index contributed by atoms with van der Waals surface area (Å²) in [4.78, 5) is 19.2. The van der Waals surface area contributed by atoms with Crippen LogP contribution >= 0.6 is 11.6 Å². The molecule has 1 atom stereocenters. The normalized spacial score (nSPS) is 15.6. The van der Waals surface area contributed by atoms with Crippen LogP contribution in [-0.4, -0.2) is 68.6 Å². The van der Waals surface area contributed by atoms with Crippen LogP contribution in [0, 0.1) is 6.92 Å². The zero-order valence-corrected chi connectivity index (χ0v) is 22.4. The van der Waals surface area contributed by atoms with Crippen LogP contribution in [0.5, 0.6) is 11.5 Å². The summed E-state index contributed by atoms with van der Waals surface area (Å²) in [7, 11) is -0.451. The van der Waals surface area contributed by atoms with Gasteiger partial charge in [0.1, 0.15) is 29.8 Å². The minimum atomic E-state index is -5.08. The molecule has 0 bridgehead atoms. The maximum absolute atomic E-state index is 13.6. The molecule has 0 amide bonds. The molecule has 4 rings (SSSR count). The summed E-state index contributed by atoms with van der Waals surface area (Å²) in [6, 6.07) is 8.68. The van der Waals surface area contributed by atoms with Crippen molar-refractivity contribution in [1.29, 1.82) is 0 Å². The van der Waals surface area contributed by atoms with Gasteiger partial charge in [-0.05, 0) is 50.7 Å². The molecule has 1 unspecified atom stereocenters. The van der Waals surface area contributed by atoms with Gasteiger partial charge in [0, 0.05) is 29.7 Å². The predicted molar refractivity (Wildman–Crippen MR) is 135 cm³/mol. The van der Waals surface area contributed by atoms with Gasteiger partial charge < -0.3 is 19.4 Å². The number of benzene rings is 2. The number of aryl methyl sites for hydroxylation is 1. The number of fused-ring (bicyclic) bond motifs is 3. The van der Waals surface area contributed by atoms with E-state index in [1.54, 1.807) is 18.2 Å². The molecule has 0 aliphatic carbocycles. The van der Waals surface area contributed by atoms with Crippen molar-refractivity contribution in [3.05, 3.63) is 52.7 Å². The summed E-state index contributed by atoms with van der Waals surface area (Å²) in [5.41, 5.74) is 2.24. The van der Waals surface area contributed by atoms with Gasteiger partial charge in [0.2, 0.25) is 0 Å². The van der Waals surface area contributed by atoms with Gasteiger partial charge in [-0.15, -0.1) is 0 Å². The van der Waals surface area contributed by atoms with Crippen LogP contribution in [0.3, 0.4) is 0 Å². The lowest BCUT2D eigenvalue weighted by Gasteiger charge is -2.22. The lowest BCUT2D eigenvalue weighted by Crippen LogP contribution is -2.24. The first-order chi connectivity index (χ1) is 17.7. The van der Waals surface area contributed by atoms with E-state index < -0.39 is 22.2 Å². The van der Waals surface area contributed by atoms with E-state index in [4.69, 9.17) is 35.8 Å². The van der Waals surface area contributed by atoms with Crippen LogP contribution in [0.4, 0.5) is 13.2 Å². The van der Waals surface area contributed by atoms with Gasteiger partial charge in [-0.25, -0.2) is 17.2 Å². The number of alkyl halides is 3. The number of carbonyl (C=O) groups is 2. The molecular weight excluding hydrogens is 553 g/mol. The van der Waals surface area contributed by atoms with E-state index in [-0.39, 0.29) is 10.9 Å². The fourth-order valence-corrected chi connectivity index (χ4v) is 5.77. The lowest BCUT2D eigenvalue weighted by atomic mass is 10.0. The van der Waals surface area contributed by atoms with Gasteiger partial charge in [-0.3, -0.25) is 4.90 Å². The van der Waals surface area contributed by atoms with Gasteiger partial charge >= 0.3 is 12.1 Å². The highest BCUT2D eigenvalue weighted by Gasteiger charge is 2.38. The van der Waals surface area contributed by atoms with Crippen LogP contribution in [0.1, 0.15) is 24.1 Å². The number of rotatable bonds is 3. The molecule has 0 saturated heterocycles. The Labute approximate surface area is 222 Å². The molecule has 1 N–H and O–H groups in total. The largest absolute Gasteiger partial charge is 0.495 e. The number of likely N-dealkylation sites (N-methyl/N-ethyl adjacent to an activating group) is 1. The fraction of sp³-hybridized carbons (Fsp3) is 0.333. The number of hydrogen-bond acceptors (Lipinski definition) is 7. The fourth-order valence-electron chi connectivity index (χ4n) is 3.81. The monoisotopic (exact) mass is 578 g/mol. The Morgan fingerprint density at radius 3 is 2.39 bits per heavy atom. The standard InChI is InChI=1S/C21H23ClN2O4S.C2HF3O2.CH2O/c1-13-5-7-17(27-4)19(11-13)29(25,26)24-12-15(22)21-16(24)6-8-18-20(21)14(2)23(3)9-10-28-18;3-2(4,5)1(6)7;1-2/h5-8,11-12,14H,9-10H2,1-4H3;(H,6,7);1H2. The van der Waals surface area contributed by atoms with Crippen molar-refractivity contribution in [2.24, 2.45) is 0 Å². The van der Waals surface area contributed by atoms with E-state index in [1.165, 1.54) is 17.3 Å². The summed E-state index contributed by atoms with van der Waals surface area (Å²) < 4.78 is 71.3. The Morgan fingerprint density at radius 1 is 1.24 bits per heavy atom. The molecule has 9 nitrogen and oxygen atoms in total. The van der Waals surface area contributed by atoms with E-state index in [0.29, 0.717) is 28.3 Å². The summed E-state index contributed by atoms with van der Waals surface area (Å²) in [5, 5.41) is 8.19. The van der Waals surface area contributed by atoms with Gasteiger partial charge in [0.25, 0.3) is 10.0 Å². The number of carbonyl (C=O) groups excluding carboxylic acids is 1. The number of carboxylic acid groups (broad SMARTS) is 1. The molecule has 1 aliphatic rings. The second-order valence-corrected chi connectivity index (χ2v) is 10.3. The summed E-state index contributed by atoms with van der Waals surface area (Å²) in [5.74, 6) is -1.73. The highest BCUT2D eigenvalue weighted by molar-refractivity contribution is 7.90. The summed E-state index contributed by atoms with van der Waals surface area (Å²) in [6.07, 6.45) is -3.62. The Kier molecular flexibility index (Phi) is 9.81. The Balaban J connectivity index is 0.000000491. The Morgan fingerprint density at radius 2 is 1.84 bits per heavy atom.